The summed E-state index contributed by atoms with van der Waals surface area (Å²) in [6.07, 6.45) is 2.30. The molecule has 5 nitrogen and oxygen atoms in total. The van der Waals surface area contributed by atoms with Crippen LogP contribution in [0, 0.1) is 0 Å². The molecule has 162 valence electrons. The third-order valence-corrected chi connectivity index (χ3v) is 5.00. The Morgan fingerprint density at radius 3 is 2.40 bits per heavy atom. The molecule has 2 aromatic carbocycles. The number of nitrogens with one attached hydrogen (secondary N) is 1. The molecule has 0 saturated heterocycles. The average molecular weight is 431 g/mol. The molecule has 0 fully saturated rings. The van der Waals surface area contributed by atoms with E-state index in [1.807, 2.05) is 56.3 Å². The van der Waals surface area contributed by atoms with E-state index in [-0.39, 0.29) is 11.8 Å². The van der Waals surface area contributed by atoms with Crippen molar-refractivity contribution in [3.8, 4) is 5.75 Å². The Bertz CT molecular complexity index is 781. The Hall–Kier alpha value is -2.53. The number of nitrogens with zero attached hydrogens (tertiary/aromatic N) is 1. The first-order valence-corrected chi connectivity index (χ1v) is 10.9. The first-order chi connectivity index (χ1) is 14.5. The molecule has 0 aromatic heterocycles. The number of hydrogen-bond acceptors (Lipinski definition) is 3. The lowest BCUT2D eigenvalue weighted by Gasteiger charge is -2.30. The van der Waals surface area contributed by atoms with Gasteiger partial charge in [0.25, 0.3) is 0 Å². The normalized spacial score (nSPS) is 11.6. The van der Waals surface area contributed by atoms with Gasteiger partial charge in [-0.2, -0.15) is 0 Å². The molecule has 1 N–H and O–H groups in total. The molecule has 1 atom stereocenters. The Balaban J connectivity index is 2.03. The summed E-state index contributed by atoms with van der Waals surface area (Å²) < 4.78 is 5.69. The Morgan fingerprint density at radius 1 is 1.07 bits per heavy atom. The molecule has 0 aliphatic rings. The number of benzene rings is 2. The summed E-state index contributed by atoms with van der Waals surface area (Å²) in [6, 6.07) is 16.4. The first kappa shape index (κ1) is 23.7. The first-order valence-electron chi connectivity index (χ1n) is 10.5. The maximum absolute atomic E-state index is 13.1. The van der Waals surface area contributed by atoms with Gasteiger partial charge in [-0.15, -0.1) is 0 Å². The van der Waals surface area contributed by atoms with Crippen molar-refractivity contribution in [1.29, 1.82) is 0 Å². The van der Waals surface area contributed by atoms with Crippen molar-refractivity contribution >= 4 is 23.4 Å². The lowest BCUT2D eigenvalue weighted by atomic mass is 10.1. The number of para-hydroxylation sites is 1. The molecule has 2 aromatic rings. The summed E-state index contributed by atoms with van der Waals surface area (Å²) in [5.41, 5.74) is 0.940. The van der Waals surface area contributed by atoms with Gasteiger partial charge < -0.3 is 15.0 Å². The molecular weight excluding hydrogens is 400 g/mol. The smallest absolute Gasteiger partial charge is 0.242 e. The van der Waals surface area contributed by atoms with Crippen molar-refractivity contribution < 1.29 is 14.3 Å². The third kappa shape index (κ3) is 7.71. The van der Waals surface area contributed by atoms with Gasteiger partial charge in [-0.05, 0) is 49.1 Å². The standard InChI is InChI=1S/C24H31ClN2O3/c1-3-16-26-24(29)22(4-2)27(18-19-12-14-20(25)15-13-19)23(28)11-8-17-30-21-9-6-5-7-10-21/h5-7,9-10,12-15,22H,3-4,8,11,16-18H2,1-2H3,(H,26,29)/t22-/m1/s1. The Kier molecular flexibility index (Phi) is 10.2. The summed E-state index contributed by atoms with van der Waals surface area (Å²) in [6.45, 7) is 5.35. The monoisotopic (exact) mass is 430 g/mol. The molecule has 0 radical (unpaired) electrons. The fraction of sp³-hybridized carbons (Fsp3) is 0.417. The summed E-state index contributed by atoms with van der Waals surface area (Å²) in [5, 5.41) is 3.56. The van der Waals surface area contributed by atoms with E-state index < -0.39 is 6.04 Å². The predicted molar refractivity (Wildman–Crippen MR) is 121 cm³/mol. The molecule has 0 spiro atoms. The molecule has 0 aliphatic carbocycles. The van der Waals surface area contributed by atoms with Crippen LogP contribution in [0.25, 0.3) is 0 Å². The number of carbonyl (C=O) groups is 2. The maximum atomic E-state index is 13.1. The Morgan fingerprint density at radius 2 is 1.77 bits per heavy atom. The molecule has 2 amide bonds. The minimum absolute atomic E-state index is 0.0555. The predicted octanol–water partition coefficient (Wildman–Crippen LogP) is 4.83. The summed E-state index contributed by atoms with van der Waals surface area (Å²) in [4.78, 5) is 27.4. The van der Waals surface area contributed by atoms with Crippen molar-refractivity contribution in [2.45, 2.75) is 52.1 Å². The highest BCUT2D eigenvalue weighted by atomic mass is 35.5. The lowest BCUT2D eigenvalue weighted by molar-refractivity contribution is -0.141. The van der Waals surface area contributed by atoms with Gasteiger partial charge in [0.15, 0.2) is 0 Å². The fourth-order valence-corrected chi connectivity index (χ4v) is 3.27. The second kappa shape index (κ2) is 12.9. The van der Waals surface area contributed by atoms with Gasteiger partial charge in [0.2, 0.25) is 11.8 Å². The van der Waals surface area contributed by atoms with E-state index in [1.54, 1.807) is 17.0 Å². The lowest BCUT2D eigenvalue weighted by Crippen LogP contribution is -2.49. The summed E-state index contributed by atoms with van der Waals surface area (Å²) in [5.74, 6) is 0.621. The third-order valence-electron chi connectivity index (χ3n) is 4.75. The highest BCUT2D eigenvalue weighted by Crippen LogP contribution is 2.17. The minimum Gasteiger partial charge on any atom is -0.494 e. The molecule has 0 saturated carbocycles. The summed E-state index contributed by atoms with van der Waals surface area (Å²) in [7, 11) is 0. The Labute approximate surface area is 184 Å². The zero-order valence-corrected chi connectivity index (χ0v) is 18.5. The van der Waals surface area contributed by atoms with Gasteiger partial charge in [-0.25, -0.2) is 0 Å². The molecular formula is C24H31ClN2O3. The van der Waals surface area contributed by atoms with E-state index in [4.69, 9.17) is 16.3 Å². The highest BCUT2D eigenvalue weighted by Gasteiger charge is 2.28. The van der Waals surface area contributed by atoms with Crippen LogP contribution in [0.15, 0.2) is 54.6 Å². The fourth-order valence-electron chi connectivity index (χ4n) is 3.15. The van der Waals surface area contributed by atoms with Gasteiger partial charge >= 0.3 is 0 Å². The van der Waals surface area contributed by atoms with Crippen molar-refractivity contribution in [1.82, 2.24) is 10.2 Å². The molecule has 30 heavy (non-hydrogen) atoms. The molecule has 0 unspecified atom stereocenters. The molecule has 0 heterocycles. The van der Waals surface area contributed by atoms with Gasteiger partial charge in [0.05, 0.1) is 6.61 Å². The molecule has 2 rings (SSSR count). The van der Waals surface area contributed by atoms with Crippen molar-refractivity contribution in [2.75, 3.05) is 13.2 Å². The molecule has 0 bridgehead atoms. The maximum Gasteiger partial charge on any atom is 0.242 e. The highest BCUT2D eigenvalue weighted by molar-refractivity contribution is 6.30. The van der Waals surface area contributed by atoms with Crippen LogP contribution in [-0.2, 0) is 16.1 Å². The van der Waals surface area contributed by atoms with E-state index in [1.165, 1.54) is 0 Å². The largest absolute Gasteiger partial charge is 0.494 e. The SMILES string of the molecule is CCCNC(=O)[C@@H](CC)N(Cc1ccc(Cl)cc1)C(=O)CCCOc1ccccc1. The second-order valence-corrected chi connectivity index (χ2v) is 7.56. The van der Waals surface area contributed by atoms with E-state index in [0.29, 0.717) is 44.0 Å². The van der Waals surface area contributed by atoms with Crippen LogP contribution in [0.4, 0.5) is 0 Å². The van der Waals surface area contributed by atoms with Crippen LogP contribution >= 0.6 is 11.6 Å². The van der Waals surface area contributed by atoms with E-state index >= 15 is 0 Å². The van der Waals surface area contributed by atoms with Crippen LogP contribution in [0.5, 0.6) is 5.75 Å². The molecule has 0 aliphatic heterocycles. The van der Waals surface area contributed by atoms with Crippen molar-refractivity contribution in [2.24, 2.45) is 0 Å². The number of hydrogen-bond donors (Lipinski definition) is 1. The quantitative estimate of drug-likeness (QED) is 0.490. The number of ether oxygens (including phenoxy) is 1. The van der Waals surface area contributed by atoms with Crippen molar-refractivity contribution in [3.05, 3.63) is 65.2 Å². The van der Waals surface area contributed by atoms with Gasteiger partial charge in [0, 0.05) is 24.5 Å². The minimum atomic E-state index is -0.505. The second-order valence-electron chi connectivity index (χ2n) is 7.13. The summed E-state index contributed by atoms with van der Waals surface area (Å²) >= 11 is 5.98. The number of amides is 2. The van der Waals surface area contributed by atoms with Crippen LogP contribution in [-0.4, -0.2) is 35.9 Å². The number of halogens is 1. The van der Waals surface area contributed by atoms with E-state index in [2.05, 4.69) is 5.32 Å². The zero-order chi connectivity index (χ0) is 21.8. The molecule has 6 heteroatoms. The van der Waals surface area contributed by atoms with E-state index in [9.17, 15) is 9.59 Å². The van der Waals surface area contributed by atoms with Crippen LogP contribution in [0.1, 0.15) is 45.1 Å². The van der Waals surface area contributed by atoms with E-state index in [0.717, 1.165) is 17.7 Å². The van der Waals surface area contributed by atoms with Crippen molar-refractivity contribution in [3.63, 3.8) is 0 Å². The van der Waals surface area contributed by atoms with Gasteiger partial charge in [-0.3, -0.25) is 9.59 Å². The topological polar surface area (TPSA) is 58.6 Å². The van der Waals surface area contributed by atoms with Crippen LogP contribution < -0.4 is 10.1 Å². The average Bonchev–Trinajstić information content (AvgIpc) is 2.77. The number of rotatable bonds is 12. The van der Waals surface area contributed by atoms with Crippen LogP contribution in [0.2, 0.25) is 5.02 Å². The number of carbonyl (C=O) groups excluding carboxylic acids is 2. The van der Waals surface area contributed by atoms with Gasteiger partial charge in [0.1, 0.15) is 11.8 Å². The zero-order valence-electron chi connectivity index (χ0n) is 17.8. The van der Waals surface area contributed by atoms with Crippen LogP contribution in [0.3, 0.4) is 0 Å². The van der Waals surface area contributed by atoms with Gasteiger partial charge in [-0.1, -0.05) is 55.8 Å².